The lowest BCUT2D eigenvalue weighted by atomic mass is 10.1. The maximum atomic E-state index is 11.4. The molecule has 0 radical (unpaired) electrons. The molecular formula is C48H51BrN6O10. The topological polar surface area (TPSA) is 196 Å². The van der Waals surface area contributed by atoms with E-state index >= 15 is 0 Å². The lowest BCUT2D eigenvalue weighted by molar-refractivity contribution is -0.119. The van der Waals surface area contributed by atoms with Crippen molar-refractivity contribution in [3.05, 3.63) is 96.3 Å². The fraction of sp³-hybridized carbons (Fsp3) is 0.333. The zero-order valence-corrected chi connectivity index (χ0v) is 37.7. The molecule has 2 aromatic heterocycles. The molecule has 0 bridgehead atoms. The molecule has 0 saturated carbocycles. The van der Waals surface area contributed by atoms with Crippen molar-refractivity contribution in [3.8, 4) is 46.0 Å². The highest BCUT2D eigenvalue weighted by atomic mass is 79.9. The molecule has 17 heteroatoms. The Bertz CT molecular complexity index is 2650. The summed E-state index contributed by atoms with van der Waals surface area (Å²) in [7, 11) is 0. The van der Waals surface area contributed by atoms with Gasteiger partial charge in [0.1, 0.15) is 48.4 Å². The first-order valence-corrected chi connectivity index (χ1v) is 22.6. The molecule has 6 heterocycles. The van der Waals surface area contributed by atoms with Gasteiger partial charge in [-0.2, -0.15) is 0 Å². The van der Waals surface area contributed by atoms with Crippen LogP contribution >= 0.6 is 15.9 Å². The van der Waals surface area contributed by atoms with Gasteiger partial charge in [-0.15, -0.1) is 0 Å². The number of carbonyl (C=O) groups excluding carboxylic acids is 2. The first kappa shape index (κ1) is 45.0. The Balaban J connectivity index is 0.000000147. The van der Waals surface area contributed by atoms with E-state index in [0.29, 0.717) is 68.1 Å². The highest BCUT2D eigenvalue weighted by Gasteiger charge is 2.24. The Morgan fingerprint density at radius 3 is 1.71 bits per heavy atom. The van der Waals surface area contributed by atoms with E-state index in [4.69, 9.17) is 43.6 Å². The van der Waals surface area contributed by atoms with Crippen molar-refractivity contribution in [1.82, 2.24) is 15.3 Å². The van der Waals surface area contributed by atoms with Crippen LogP contribution in [0.5, 0.6) is 46.0 Å². The first-order chi connectivity index (χ1) is 31.7. The van der Waals surface area contributed by atoms with Crippen LogP contribution in [0.2, 0.25) is 0 Å². The number of carbonyl (C=O) groups is 2. The quantitative estimate of drug-likeness (QED) is 0.0731. The van der Waals surface area contributed by atoms with Crippen LogP contribution in [0.4, 0.5) is 11.4 Å². The summed E-state index contributed by atoms with van der Waals surface area (Å²) in [6.45, 7) is 8.21. The normalized spacial score (nSPS) is 16.4. The van der Waals surface area contributed by atoms with Gasteiger partial charge >= 0.3 is 0 Å². The molecule has 0 fully saturated rings. The summed E-state index contributed by atoms with van der Waals surface area (Å²) in [5, 5.41) is 11.8. The fourth-order valence-electron chi connectivity index (χ4n) is 7.17. The predicted molar refractivity (Wildman–Crippen MR) is 250 cm³/mol. The van der Waals surface area contributed by atoms with E-state index in [1.54, 1.807) is 24.3 Å². The Labute approximate surface area is 384 Å². The number of benzene rings is 4. The number of hydrogen-bond donors (Lipinski definition) is 4. The van der Waals surface area contributed by atoms with Crippen molar-refractivity contribution in [1.29, 1.82) is 0 Å². The number of nitrogens with two attached hydrogens (primary N) is 1. The van der Waals surface area contributed by atoms with E-state index in [1.165, 1.54) is 0 Å². The number of fused-ring (bicyclic) bond motifs is 8. The van der Waals surface area contributed by atoms with Crippen LogP contribution in [0.25, 0.3) is 21.8 Å². The Hall–Kier alpha value is -6.56. The van der Waals surface area contributed by atoms with Crippen molar-refractivity contribution in [2.75, 3.05) is 75.2 Å². The second-order valence-electron chi connectivity index (χ2n) is 15.4. The van der Waals surface area contributed by atoms with Gasteiger partial charge < -0.3 is 59.6 Å². The fourth-order valence-corrected chi connectivity index (χ4v) is 7.40. The summed E-state index contributed by atoms with van der Waals surface area (Å²) in [5.74, 6) is 5.56. The first-order valence-electron chi connectivity index (χ1n) is 21.5. The second kappa shape index (κ2) is 21.4. The van der Waals surface area contributed by atoms with Crippen molar-refractivity contribution in [2.24, 2.45) is 5.73 Å². The number of pyridine rings is 2. The van der Waals surface area contributed by atoms with Gasteiger partial charge in [0.2, 0.25) is 0 Å². The molecule has 0 aliphatic carbocycles. The number of anilines is 2. The summed E-state index contributed by atoms with van der Waals surface area (Å²) in [6, 6.07) is 26.6. The van der Waals surface area contributed by atoms with Gasteiger partial charge in [0.15, 0.2) is 36.2 Å². The Morgan fingerprint density at radius 2 is 1.17 bits per heavy atom. The summed E-state index contributed by atoms with van der Waals surface area (Å²) in [5.41, 5.74) is 10.7. The van der Waals surface area contributed by atoms with Crippen molar-refractivity contribution in [2.45, 2.75) is 38.9 Å². The third-order valence-electron chi connectivity index (χ3n) is 10.4. The maximum absolute atomic E-state index is 11.4. The second-order valence-corrected chi connectivity index (χ2v) is 16.2. The van der Waals surface area contributed by atoms with Crippen LogP contribution in [0.3, 0.4) is 0 Å². The predicted octanol–water partition coefficient (Wildman–Crippen LogP) is 6.90. The number of amides is 2. The molecular weight excluding hydrogens is 900 g/mol. The molecule has 5 N–H and O–H groups in total. The minimum absolute atomic E-state index is 0.0486. The SMILES string of the molecule is Cc1ccc2c3c(ccc2n1)OC[C@H](CN)O3.Cc1ccc2c3c(ccc2n1)OC[C@H](CNCCCOc1ccc2c(c1)NC(=O)CO2)O3.O=C1COc2ccc(OCCCBr)cc2N1. The molecule has 2 amide bonds. The molecule has 4 aromatic carbocycles. The summed E-state index contributed by atoms with van der Waals surface area (Å²) < 4.78 is 45.5. The highest BCUT2D eigenvalue weighted by Crippen LogP contribution is 2.40. The van der Waals surface area contributed by atoms with Crippen LogP contribution in [-0.4, -0.2) is 98.6 Å². The Morgan fingerprint density at radius 1 is 0.662 bits per heavy atom. The minimum atomic E-state index is -0.158. The van der Waals surface area contributed by atoms with E-state index in [2.05, 4.69) is 41.8 Å². The standard InChI is InChI=1S/C24H25N3O5.C13H14N2O2.C11H12BrNO3/c1-15-3-5-18-19(26-15)6-8-22-24(18)32-17(13-30-22)12-25-9-2-10-29-16-4-7-21-20(11-16)27-23(28)14-31-21;1-8-2-3-10-11(15-8)4-5-12-13(10)17-9(6-14)7-16-12;12-4-1-5-15-8-2-3-10-9(6-8)13-11(14)7-16-10/h3-8,11,17,25H,2,9-10,12-14H2,1H3,(H,27,28);2-5,9H,6-7,14H2,1H3;2-3,6H,1,4-5,7H2,(H,13,14)/t17-;9-;/m00./s1. The largest absolute Gasteiger partial charge is 0.493 e. The van der Waals surface area contributed by atoms with Crippen LogP contribution in [-0.2, 0) is 9.59 Å². The van der Waals surface area contributed by atoms with E-state index in [9.17, 15) is 9.59 Å². The molecule has 4 aliphatic rings. The lowest BCUT2D eigenvalue weighted by Gasteiger charge is -2.27. The number of hydrogen-bond acceptors (Lipinski definition) is 14. The zero-order valence-electron chi connectivity index (χ0n) is 36.2. The van der Waals surface area contributed by atoms with E-state index in [-0.39, 0.29) is 37.2 Å². The van der Waals surface area contributed by atoms with Gasteiger partial charge in [-0.1, -0.05) is 15.9 Å². The molecule has 0 saturated heterocycles. The number of nitrogens with zero attached hydrogens (tertiary/aromatic N) is 2. The minimum Gasteiger partial charge on any atom is -0.493 e. The molecule has 65 heavy (non-hydrogen) atoms. The molecule has 10 rings (SSSR count). The van der Waals surface area contributed by atoms with Crippen molar-refractivity contribution in [3.63, 3.8) is 0 Å². The zero-order chi connectivity index (χ0) is 45.1. The van der Waals surface area contributed by atoms with Gasteiger partial charge in [0.05, 0.1) is 35.6 Å². The molecule has 6 aromatic rings. The van der Waals surface area contributed by atoms with Gasteiger partial charge in [-0.25, -0.2) is 0 Å². The molecule has 4 aliphatic heterocycles. The third kappa shape index (κ3) is 11.6. The summed E-state index contributed by atoms with van der Waals surface area (Å²) in [4.78, 5) is 31.6. The van der Waals surface area contributed by atoms with Gasteiger partial charge in [-0.05, 0) is 106 Å². The van der Waals surface area contributed by atoms with Crippen molar-refractivity contribution < 1.29 is 47.5 Å². The summed E-state index contributed by atoms with van der Waals surface area (Å²) in [6.07, 6.45) is 1.63. The number of halogens is 1. The van der Waals surface area contributed by atoms with E-state index < -0.39 is 0 Å². The smallest absolute Gasteiger partial charge is 0.262 e. The van der Waals surface area contributed by atoms with E-state index in [1.807, 2.05) is 74.5 Å². The molecule has 340 valence electrons. The van der Waals surface area contributed by atoms with E-state index in [0.717, 1.165) is 86.7 Å². The van der Waals surface area contributed by atoms with Crippen LogP contribution in [0.1, 0.15) is 24.2 Å². The van der Waals surface area contributed by atoms with Crippen molar-refractivity contribution >= 4 is 60.9 Å². The molecule has 2 atom stereocenters. The van der Waals surface area contributed by atoms with Gasteiger partial charge in [0.25, 0.3) is 11.8 Å². The third-order valence-corrected chi connectivity index (χ3v) is 10.9. The number of aromatic nitrogens is 2. The number of rotatable bonds is 12. The van der Waals surface area contributed by atoms with Gasteiger partial charge in [0, 0.05) is 52.7 Å². The Kier molecular flexibility index (Phi) is 14.8. The average molecular weight is 952 g/mol. The summed E-state index contributed by atoms with van der Waals surface area (Å²) >= 11 is 3.33. The molecule has 16 nitrogen and oxygen atoms in total. The molecule has 0 spiro atoms. The maximum Gasteiger partial charge on any atom is 0.262 e. The molecule has 0 unspecified atom stereocenters. The van der Waals surface area contributed by atoms with Crippen LogP contribution in [0, 0.1) is 13.8 Å². The number of aryl methyl sites for hydroxylation is 2. The number of nitrogens with one attached hydrogen (secondary N) is 3. The van der Waals surface area contributed by atoms with Crippen LogP contribution < -0.4 is 59.6 Å². The lowest BCUT2D eigenvalue weighted by Crippen LogP contribution is -2.39. The monoisotopic (exact) mass is 950 g/mol. The number of alkyl halides is 1. The average Bonchev–Trinajstić information content (AvgIpc) is 3.32. The number of ether oxygens (including phenoxy) is 8. The highest BCUT2D eigenvalue weighted by molar-refractivity contribution is 9.09. The van der Waals surface area contributed by atoms with Crippen LogP contribution in [0.15, 0.2) is 84.9 Å². The van der Waals surface area contributed by atoms with Gasteiger partial charge in [-0.3, -0.25) is 19.6 Å².